The van der Waals surface area contributed by atoms with Crippen molar-refractivity contribution in [2.45, 2.75) is 46.0 Å². The van der Waals surface area contributed by atoms with E-state index < -0.39 is 0 Å². The molecule has 0 heterocycles. The molecule has 0 atom stereocenters. The number of hydrogen-bond donors (Lipinski definition) is 0. The maximum atomic E-state index is 4.16. The predicted molar refractivity (Wildman–Crippen MR) is 57.6 cm³/mol. The third-order valence-corrected chi connectivity index (χ3v) is 3.37. The summed E-state index contributed by atoms with van der Waals surface area (Å²) in [5.74, 6) is 0.913. The first-order chi connectivity index (χ1) is 6.07. The Morgan fingerprint density at radius 3 is 2.54 bits per heavy atom. The van der Waals surface area contributed by atoms with E-state index in [1.807, 2.05) is 0 Å². The molecule has 0 aromatic rings. The molecular weight excluding hydrogens is 156 g/mol. The summed E-state index contributed by atoms with van der Waals surface area (Å²) < 4.78 is 0. The summed E-state index contributed by atoms with van der Waals surface area (Å²) in [5.41, 5.74) is 3.50. The van der Waals surface area contributed by atoms with Crippen LogP contribution >= 0.6 is 0 Å². The van der Waals surface area contributed by atoms with Gasteiger partial charge < -0.3 is 0 Å². The number of rotatable bonds is 1. The molecular formula is C13H20. The molecule has 0 unspecified atom stereocenters. The summed E-state index contributed by atoms with van der Waals surface area (Å²) in [5, 5.41) is 0. The van der Waals surface area contributed by atoms with Crippen LogP contribution in [-0.4, -0.2) is 0 Å². The van der Waals surface area contributed by atoms with Crippen molar-refractivity contribution in [1.82, 2.24) is 0 Å². The van der Waals surface area contributed by atoms with Gasteiger partial charge in [0.1, 0.15) is 0 Å². The van der Waals surface area contributed by atoms with Gasteiger partial charge in [-0.1, -0.05) is 44.1 Å². The smallest absolute Gasteiger partial charge is 0.0108 e. The zero-order valence-electron chi connectivity index (χ0n) is 8.90. The highest BCUT2D eigenvalue weighted by Gasteiger charge is 2.29. The Bertz CT molecular complexity index is 251. The molecule has 72 valence electrons. The number of allylic oxidation sites excluding steroid dienone is 3. The van der Waals surface area contributed by atoms with Crippen LogP contribution in [-0.2, 0) is 0 Å². The first kappa shape index (κ1) is 9.05. The van der Waals surface area contributed by atoms with Crippen molar-refractivity contribution in [3.63, 3.8) is 0 Å². The van der Waals surface area contributed by atoms with E-state index in [2.05, 4.69) is 26.5 Å². The largest absolute Gasteiger partial charge is 0.0995 e. The maximum absolute atomic E-state index is 4.16. The van der Waals surface area contributed by atoms with Gasteiger partial charge in [-0.2, -0.15) is 0 Å². The van der Waals surface area contributed by atoms with Crippen LogP contribution in [0.4, 0.5) is 0 Å². The van der Waals surface area contributed by atoms with E-state index in [1.54, 1.807) is 5.57 Å². The van der Waals surface area contributed by atoms with Crippen LogP contribution in [0, 0.1) is 11.3 Å². The third kappa shape index (κ3) is 1.87. The minimum absolute atomic E-state index is 0.375. The third-order valence-electron chi connectivity index (χ3n) is 3.37. The zero-order valence-corrected chi connectivity index (χ0v) is 8.90. The summed E-state index contributed by atoms with van der Waals surface area (Å²) in [7, 11) is 0. The second-order valence-corrected chi connectivity index (χ2v) is 5.44. The van der Waals surface area contributed by atoms with Crippen molar-refractivity contribution < 1.29 is 0 Å². The highest BCUT2D eigenvalue weighted by Crippen LogP contribution is 2.43. The highest BCUT2D eigenvalue weighted by molar-refractivity contribution is 5.26. The van der Waals surface area contributed by atoms with E-state index in [4.69, 9.17) is 0 Å². The molecule has 13 heavy (non-hydrogen) atoms. The first-order valence-corrected chi connectivity index (χ1v) is 5.45. The molecule has 0 radical (unpaired) electrons. The standard InChI is InChI=1S/C13H20/c1-10-7-12(11-5-4-6-11)9-13(2,3)8-10/h9,11H,1,4-8H2,2-3H3. The van der Waals surface area contributed by atoms with Crippen molar-refractivity contribution >= 4 is 0 Å². The van der Waals surface area contributed by atoms with Gasteiger partial charge in [-0.05, 0) is 37.0 Å². The van der Waals surface area contributed by atoms with Gasteiger partial charge in [-0.3, -0.25) is 0 Å². The lowest BCUT2D eigenvalue weighted by Crippen LogP contribution is -2.22. The molecule has 0 nitrogen and oxygen atoms in total. The molecule has 0 amide bonds. The van der Waals surface area contributed by atoms with E-state index >= 15 is 0 Å². The van der Waals surface area contributed by atoms with Crippen LogP contribution in [0.2, 0.25) is 0 Å². The van der Waals surface area contributed by atoms with E-state index in [0.717, 1.165) is 5.92 Å². The Morgan fingerprint density at radius 1 is 1.38 bits per heavy atom. The summed E-state index contributed by atoms with van der Waals surface area (Å²) >= 11 is 0. The highest BCUT2D eigenvalue weighted by atomic mass is 14.3. The second kappa shape index (κ2) is 3.01. The van der Waals surface area contributed by atoms with Crippen molar-refractivity contribution in [3.8, 4) is 0 Å². The molecule has 0 N–H and O–H groups in total. The molecule has 0 aromatic heterocycles. The summed E-state index contributed by atoms with van der Waals surface area (Å²) in [6.45, 7) is 8.82. The first-order valence-electron chi connectivity index (χ1n) is 5.45. The Labute approximate surface area is 81.7 Å². The Morgan fingerprint density at radius 2 is 2.08 bits per heavy atom. The summed E-state index contributed by atoms with van der Waals surface area (Å²) in [4.78, 5) is 0. The second-order valence-electron chi connectivity index (χ2n) is 5.44. The van der Waals surface area contributed by atoms with Crippen LogP contribution in [0.25, 0.3) is 0 Å². The lowest BCUT2D eigenvalue weighted by atomic mass is 9.69. The predicted octanol–water partition coefficient (Wildman–Crippen LogP) is 4.09. The maximum Gasteiger partial charge on any atom is -0.0108 e. The summed E-state index contributed by atoms with van der Waals surface area (Å²) in [6, 6.07) is 0. The van der Waals surface area contributed by atoms with Crippen molar-refractivity contribution in [1.29, 1.82) is 0 Å². The van der Waals surface area contributed by atoms with Gasteiger partial charge in [0.25, 0.3) is 0 Å². The fourth-order valence-corrected chi connectivity index (χ4v) is 2.64. The summed E-state index contributed by atoms with van der Waals surface area (Å²) in [6.07, 6.45) is 9.18. The lowest BCUT2D eigenvalue weighted by Gasteiger charge is -2.36. The van der Waals surface area contributed by atoms with Gasteiger partial charge in [0.15, 0.2) is 0 Å². The molecule has 0 saturated heterocycles. The molecule has 2 aliphatic carbocycles. The minimum Gasteiger partial charge on any atom is -0.0995 e. The van der Waals surface area contributed by atoms with Crippen molar-refractivity contribution in [2.24, 2.45) is 11.3 Å². The molecule has 2 aliphatic rings. The number of hydrogen-bond acceptors (Lipinski definition) is 0. The quantitative estimate of drug-likeness (QED) is 0.528. The van der Waals surface area contributed by atoms with E-state index in [-0.39, 0.29) is 0 Å². The Hall–Kier alpha value is -0.520. The lowest BCUT2D eigenvalue weighted by molar-refractivity contribution is 0.341. The average Bonchev–Trinajstić information content (AvgIpc) is 1.75. The fraction of sp³-hybridized carbons (Fsp3) is 0.692. The van der Waals surface area contributed by atoms with Gasteiger partial charge in [-0.15, -0.1) is 0 Å². The van der Waals surface area contributed by atoms with Gasteiger partial charge in [-0.25, -0.2) is 0 Å². The molecule has 0 spiro atoms. The molecule has 0 aromatic carbocycles. The molecule has 1 saturated carbocycles. The fourth-order valence-electron chi connectivity index (χ4n) is 2.64. The van der Waals surface area contributed by atoms with Crippen LogP contribution in [0.15, 0.2) is 23.8 Å². The van der Waals surface area contributed by atoms with Crippen LogP contribution in [0.5, 0.6) is 0 Å². The molecule has 0 heteroatoms. The average molecular weight is 176 g/mol. The molecule has 2 rings (SSSR count). The molecule has 1 fully saturated rings. The van der Waals surface area contributed by atoms with Gasteiger partial charge in [0.2, 0.25) is 0 Å². The van der Waals surface area contributed by atoms with E-state index in [1.165, 1.54) is 37.7 Å². The minimum atomic E-state index is 0.375. The van der Waals surface area contributed by atoms with Crippen LogP contribution in [0.3, 0.4) is 0 Å². The monoisotopic (exact) mass is 176 g/mol. The van der Waals surface area contributed by atoms with E-state index in [0.29, 0.717) is 5.41 Å². The Balaban J connectivity index is 2.16. The van der Waals surface area contributed by atoms with Gasteiger partial charge in [0.05, 0.1) is 0 Å². The van der Waals surface area contributed by atoms with E-state index in [9.17, 15) is 0 Å². The van der Waals surface area contributed by atoms with Crippen molar-refractivity contribution in [3.05, 3.63) is 23.8 Å². The van der Waals surface area contributed by atoms with Gasteiger partial charge >= 0.3 is 0 Å². The molecule has 0 bridgehead atoms. The Kier molecular flexibility index (Phi) is 2.09. The van der Waals surface area contributed by atoms with Crippen LogP contribution in [0.1, 0.15) is 46.0 Å². The molecule has 0 aliphatic heterocycles. The van der Waals surface area contributed by atoms with Gasteiger partial charge in [0, 0.05) is 0 Å². The zero-order chi connectivity index (χ0) is 9.47. The van der Waals surface area contributed by atoms with Crippen LogP contribution < -0.4 is 0 Å². The van der Waals surface area contributed by atoms with Crippen molar-refractivity contribution in [2.75, 3.05) is 0 Å². The topological polar surface area (TPSA) is 0 Å². The normalized spacial score (nSPS) is 28.2. The SMILES string of the molecule is C=C1CC(C2CCC2)=CC(C)(C)C1.